The molecule has 44 heavy (non-hydrogen) atoms. The van der Waals surface area contributed by atoms with Gasteiger partial charge in [-0.05, 0) is 62.8 Å². The smallest absolute Gasteiger partial charge is 0.321 e. The predicted octanol–water partition coefficient (Wildman–Crippen LogP) is 5.87. The lowest BCUT2D eigenvalue weighted by atomic mass is 10.0. The maximum atomic E-state index is 14.2. The first kappa shape index (κ1) is 33.1. The molecule has 4 rings (SSSR count). The minimum Gasteiger partial charge on any atom is -0.490 e. The van der Waals surface area contributed by atoms with Gasteiger partial charge in [0.1, 0.15) is 5.75 Å². The number of hydrogen-bond acceptors (Lipinski definition) is 6. The van der Waals surface area contributed by atoms with Gasteiger partial charge in [-0.3, -0.25) is 4.79 Å². The van der Waals surface area contributed by atoms with E-state index >= 15 is 0 Å². The lowest BCUT2D eigenvalue weighted by Crippen LogP contribution is -2.48. The molecular formula is C35H48N4O5. The second-order valence-electron chi connectivity index (χ2n) is 12.2. The Labute approximate surface area is 261 Å². The van der Waals surface area contributed by atoms with Gasteiger partial charge in [-0.25, -0.2) is 4.79 Å². The number of ether oxygens (including phenoxy) is 2. The van der Waals surface area contributed by atoms with Crippen LogP contribution < -0.4 is 15.0 Å². The summed E-state index contributed by atoms with van der Waals surface area (Å²) in [6.45, 7) is 6.92. The van der Waals surface area contributed by atoms with E-state index in [0.29, 0.717) is 31.0 Å². The van der Waals surface area contributed by atoms with E-state index in [0.717, 1.165) is 41.4 Å². The summed E-state index contributed by atoms with van der Waals surface area (Å²) < 4.78 is 12.7. The Kier molecular flexibility index (Phi) is 11.5. The summed E-state index contributed by atoms with van der Waals surface area (Å²) >= 11 is 0. The van der Waals surface area contributed by atoms with Crippen molar-refractivity contribution in [2.24, 2.45) is 5.92 Å². The van der Waals surface area contributed by atoms with E-state index in [4.69, 9.17) is 9.47 Å². The molecule has 9 heteroatoms. The molecule has 0 aromatic heterocycles. The highest BCUT2D eigenvalue weighted by atomic mass is 16.5. The third kappa shape index (κ3) is 8.21. The van der Waals surface area contributed by atoms with E-state index in [-0.39, 0.29) is 36.7 Å². The SMILES string of the molecule is C[C@@H]1CCCCO[C@@H](CN(C)C(=O)Nc2cccc3ccccc23)[C@@H](C)CN([C@@H](C)CO)C(=O)c2cc(N(C)C)ccc2O1. The molecule has 2 N–H and O–H groups in total. The highest BCUT2D eigenvalue weighted by Crippen LogP contribution is 2.29. The largest absolute Gasteiger partial charge is 0.490 e. The zero-order valence-corrected chi connectivity index (χ0v) is 27.0. The first-order chi connectivity index (χ1) is 21.1. The molecule has 0 bridgehead atoms. The Hall–Kier alpha value is -3.82. The average Bonchev–Trinajstić information content (AvgIpc) is 3.01. The molecule has 3 aromatic rings. The Balaban J connectivity index is 1.58. The average molecular weight is 605 g/mol. The molecule has 0 saturated carbocycles. The Morgan fingerprint density at radius 1 is 1.07 bits per heavy atom. The third-order valence-electron chi connectivity index (χ3n) is 8.38. The van der Waals surface area contributed by atoms with Crippen LogP contribution in [-0.4, -0.2) is 92.5 Å². The highest BCUT2D eigenvalue weighted by molar-refractivity contribution is 6.01. The van der Waals surface area contributed by atoms with Crippen molar-refractivity contribution >= 4 is 34.1 Å². The van der Waals surface area contributed by atoms with Crippen LogP contribution in [0.5, 0.6) is 5.75 Å². The summed E-state index contributed by atoms with van der Waals surface area (Å²) in [5.74, 6) is 0.205. The minimum absolute atomic E-state index is 0.0861. The van der Waals surface area contributed by atoms with Crippen LogP contribution in [-0.2, 0) is 4.74 Å². The molecule has 1 aliphatic heterocycles. The summed E-state index contributed by atoms with van der Waals surface area (Å²) in [6.07, 6.45) is 2.16. The first-order valence-corrected chi connectivity index (χ1v) is 15.6. The first-order valence-electron chi connectivity index (χ1n) is 15.6. The van der Waals surface area contributed by atoms with Crippen LogP contribution in [0.3, 0.4) is 0 Å². The molecule has 0 unspecified atom stereocenters. The Morgan fingerprint density at radius 3 is 2.57 bits per heavy atom. The summed E-state index contributed by atoms with van der Waals surface area (Å²) in [4.78, 5) is 32.9. The molecule has 0 radical (unpaired) electrons. The number of carbonyl (C=O) groups excluding carboxylic acids is 2. The molecule has 3 aromatic carbocycles. The van der Waals surface area contributed by atoms with E-state index in [1.165, 1.54) is 0 Å². The quantitative estimate of drug-likeness (QED) is 0.366. The molecule has 0 saturated heterocycles. The van der Waals surface area contributed by atoms with Gasteiger partial charge < -0.3 is 34.6 Å². The summed E-state index contributed by atoms with van der Waals surface area (Å²) in [7, 11) is 5.63. The molecule has 4 atom stereocenters. The molecule has 0 fully saturated rings. The number of rotatable bonds is 6. The van der Waals surface area contributed by atoms with E-state index < -0.39 is 6.04 Å². The maximum absolute atomic E-state index is 14.2. The molecule has 238 valence electrons. The van der Waals surface area contributed by atoms with Crippen molar-refractivity contribution in [3.8, 4) is 5.75 Å². The Bertz CT molecular complexity index is 1410. The van der Waals surface area contributed by atoms with Crippen molar-refractivity contribution in [1.29, 1.82) is 0 Å². The number of fused-ring (bicyclic) bond motifs is 2. The third-order valence-corrected chi connectivity index (χ3v) is 8.38. The van der Waals surface area contributed by atoms with Gasteiger partial charge in [-0.2, -0.15) is 0 Å². The number of nitrogens with one attached hydrogen (secondary N) is 1. The van der Waals surface area contributed by atoms with Gasteiger partial charge in [0, 0.05) is 57.8 Å². The van der Waals surface area contributed by atoms with Crippen LogP contribution in [0.25, 0.3) is 10.8 Å². The number of nitrogens with zero attached hydrogens (tertiary/aromatic N) is 3. The van der Waals surface area contributed by atoms with E-state index in [2.05, 4.69) is 5.32 Å². The van der Waals surface area contributed by atoms with Crippen molar-refractivity contribution in [3.05, 3.63) is 66.2 Å². The minimum atomic E-state index is -0.431. The van der Waals surface area contributed by atoms with Gasteiger partial charge in [0.05, 0.1) is 36.1 Å². The summed E-state index contributed by atoms with van der Waals surface area (Å²) in [5, 5.41) is 15.3. The second-order valence-corrected chi connectivity index (χ2v) is 12.2. The standard InChI is InChI=1S/C35H48N4O5/c1-24-21-39(25(2)23-40)34(41)30-20-28(37(4)5)17-18-32(30)44-26(3)12-9-10-19-43-33(24)22-38(6)35(42)36-31-16-11-14-27-13-7-8-15-29(27)31/h7-8,11,13-18,20,24-26,33,40H,9-10,12,19,21-23H2,1-6H3,(H,36,42)/t24-,25-,26+,33-/m0/s1. The lowest BCUT2D eigenvalue weighted by Gasteiger charge is -2.36. The van der Waals surface area contributed by atoms with Crippen LogP contribution in [0.4, 0.5) is 16.2 Å². The fourth-order valence-corrected chi connectivity index (χ4v) is 5.55. The van der Waals surface area contributed by atoms with Crippen LogP contribution in [0.15, 0.2) is 60.7 Å². The van der Waals surface area contributed by atoms with Crippen LogP contribution in [0.1, 0.15) is 50.4 Å². The van der Waals surface area contributed by atoms with Gasteiger partial charge >= 0.3 is 6.03 Å². The van der Waals surface area contributed by atoms with E-state index in [1.807, 2.05) is 100 Å². The molecule has 0 aliphatic carbocycles. The highest BCUT2D eigenvalue weighted by Gasteiger charge is 2.31. The van der Waals surface area contributed by atoms with Gasteiger partial charge in [0.15, 0.2) is 0 Å². The van der Waals surface area contributed by atoms with Crippen LogP contribution in [0, 0.1) is 5.92 Å². The summed E-state index contributed by atoms with van der Waals surface area (Å²) in [5.41, 5.74) is 2.11. The predicted molar refractivity (Wildman–Crippen MR) is 177 cm³/mol. The molecule has 0 spiro atoms. The second kappa shape index (κ2) is 15.3. The number of amides is 3. The van der Waals surface area contributed by atoms with Gasteiger partial charge in [-0.1, -0.05) is 43.3 Å². The summed E-state index contributed by atoms with van der Waals surface area (Å²) in [6, 6.07) is 18.8. The molecule has 3 amide bonds. The molecule has 1 aliphatic rings. The molecular weight excluding hydrogens is 556 g/mol. The van der Waals surface area contributed by atoms with Crippen molar-refractivity contribution in [2.75, 3.05) is 57.7 Å². The normalized spacial score (nSPS) is 20.7. The maximum Gasteiger partial charge on any atom is 0.321 e. The molecule has 9 nitrogen and oxygen atoms in total. The number of aliphatic hydroxyl groups excluding tert-OH is 1. The fourth-order valence-electron chi connectivity index (χ4n) is 5.55. The molecule has 1 heterocycles. The van der Waals surface area contributed by atoms with Crippen LogP contribution >= 0.6 is 0 Å². The zero-order chi connectivity index (χ0) is 31.8. The zero-order valence-electron chi connectivity index (χ0n) is 27.0. The van der Waals surface area contributed by atoms with Gasteiger partial charge in [0.2, 0.25) is 0 Å². The number of hydrogen-bond donors (Lipinski definition) is 2. The van der Waals surface area contributed by atoms with E-state index in [9.17, 15) is 14.7 Å². The van der Waals surface area contributed by atoms with Gasteiger partial charge in [0.25, 0.3) is 5.91 Å². The number of urea groups is 1. The number of benzene rings is 3. The van der Waals surface area contributed by atoms with Gasteiger partial charge in [-0.15, -0.1) is 0 Å². The van der Waals surface area contributed by atoms with Crippen molar-refractivity contribution in [3.63, 3.8) is 0 Å². The Morgan fingerprint density at radius 2 is 1.82 bits per heavy atom. The van der Waals surface area contributed by atoms with E-state index in [1.54, 1.807) is 16.8 Å². The lowest BCUT2D eigenvalue weighted by molar-refractivity contribution is -0.0115. The fraction of sp³-hybridized carbons (Fsp3) is 0.486. The van der Waals surface area contributed by atoms with Crippen molar-refractivity contribution < 1.29 is 24.2 Å². The topological polar surface area (TPSA) is 94.6 Å². The van der Waals surface area contributed by atoms with Crippen molar-refractivity contribution in [2.45, 2.75) is 58.3 Å². The number of carbonyl (C=O) groups is 2. The number of anilines is 2. The van der Waals surface area contributed by atoms with Crippen molar-refractivity contribution in [1.82, 2.24) is 9.80 Å². The number of likely N-dealkylation sites (N-methyl/N-ethyl adjacent to an activating group) is 1. The number of aliphatic hydroxyl groups is 1. The monoisotopic (exact) mass is 604 g/mol. The van der Waals surface area contributed by atoms with Crippen LogP contribution in [0.2, 0.25) is 0 Å².